The van der Waals surface area contributed by atoms with E-state index < -0.39 is 0 Å². The van der Waals surface area contributed by atoms with Gasteiger partial charge in [-0.05, 0) is 31.5 Å². The summed E-state index contributed by atoms with van der Waals surface area (Å²) in [6.07, 6.45) is 3.79. The van der Waals surface area contributed by atoms with Crippen molar-refractivity contribution in [3.63, 3.8) is 0 Å². The lowest BCUT2D eigenvalue weighted by atomic mass is 9.90. The monoisotopic (exact) mass is 315 g/mol. The van der Waals surface area contributed by atoms with Gasteiger partial charge in [-0.15, -0.1) is 0 Å². The van der Waals surface area contributed by atoms with Crippen LogP contribution in [0.4, 0.5) is 0 Å². The normalized spacial score (nSPS) is 20.9. The summed E-state index contributed by atoms with van der Waals surface area (Å²) in [7, 11) is 0. The maximum Gasteiger partial charge on any atom is 0.227 e. The zero-order valence-electron chi connectivity index (χ0n) is 13.4. The molecule has 6 nitrogen and oxygen atoms in total. The molecule has 1 aliphatic rings. The number of aromatic nitrogens is 2. The summed E-state index contributed by atoms with van der Waals surface area (Å²) in [5.41, 5.74) is 2.74. The summed E-state index contributed by atoms with van der Waals surface area (Å²) in [6, 6.07) is 3.91. The van der Waals surface area contributed by atoms with Gasteiger partial charge in [0.25, 0.3) is 0 Å². The average molecular weight is 315 g/mol. The largest absolute Gasteiger partial charge is 0.396 e. The minimum absolute atomic E-state index is 0.0504. The quantitative estimate of drug-likeness (QED) is 0.924. The SMILES string of the molecule is Cc1noc(C)c1CC(=O)N1C[C@@H](CO)[C@H](c2ccncc2)C1. The molecule has 2 atom stereocenters. The fourth-order valence-electron chi connectivity index (χ4n) is 3.27. The third kappa shape index (κ3) is 3.12. The van der Waals surface area contributed by atoms with Crippen molar-refractivity contribution in [1.29, 1.82) is 0 Å². The molecule has 3 heterocycles. The molecule has 0 spiro atoms. The Balaban J connectivity index is 1.73. The predicted molar refractivity (Wildman–Crippen MR) is 83.8 cm³/mol. The van der Waals surface area contributed by atoms with E-state index >= 15 is 0 Å². The first-order chi connectivity index (χ1) is 11.1. The number of amides is 1. The van der Waals surface area contributed by atoms with E-state index in [2.05, 4.69) is 10.1 Å². The molecule has 0 saturated carbocycles. The van der Waals surface area contributed by atoms with Crippen LogP contribution in [0.2, 0.25) is 0 Å². The summed E-state index contributed by atoms with van der Waals surface area (Å²) in [6.45, 7) is 4.94. The van der Waals surface area contributed by atoms with E-state index in [0.29, 0.717) is 25.3 Å². The van der Waals surface area contributed by atoms with Crippen LogP contribution < -0.4 is 0 Å². The standard InChI is InChI=1S/C17H21N3O3/c1-11-15(12(2)23-19-11)7-17(22)20-8-14(10-21)16(9-20)13-3-5-18-6-4-13/h3-6,14,16,21H,7-10H2,1-2H3/t14-,16-/m0/s1. The molecule has 122 valence electrons. The van der Waals surface area contributed by atoms with Gasteiger partial charge in [0.2, 0.25) is 5.91 Å². The number of pyridine rings is 1. The van der Waals surface area contributed by atoms with Crippen molar-refractivity contribution in [3.05, 3.63) is 47.1 Å². The second-order valence-electron chi connectivity index (χ2n) is 6.11. The van der Waals surface area contributed by atoms with Crippen LogP contribution in [0.15, 0.2) is 29.0 Å². The lowest BCUT2D eigenvalue weighted by Gasteiger charge is -2.16. The van der Waals surface area contributed by atoms with E-state index in [1.165, 1.54) is 0 Å². The molecule has 2 aromatic rings. The molecule has 0 bridgehead atoms. The van der Waals surface area contributed by atoms with Gasteiger partial charge in [0, 0.05) is 49.5 Å². The number of carbonyl (C=O) groups excluding carboxylic acids is 1. The molecule has 1 saturated heterocycles. The summed E-state index contributed by atoms with van der Waals surface area (Å²) < 4.78 is 5.12. The molecule has 1 aliphatic heterocycles. The zero-order valence-corrected chi connectivity index (χ0v) is 13.4. The molecule has 2 aromatic heterocycles. The number of aliphatic hydroxyl groups excluding tert-OH is 1. The number of aliphatic hydroxyl groups is 1. The zero-order chi connectivity index (χ0) is 16.4. The highest BCUT2D eigenvalue weighted by molar-refractivity contribution is 5.79. The lowest BCUT2D eigenvalue weighted by molar-refractivity contribution is -0.129. The highest BCUT2D eigenvalue weighted by Crippen LogP contribution is 2.32. The first kappa shape index (κ1) is 15.7. The van der Waals surface area contributed by atoms with Crippen molar-refractivity contribution in [3.8, 4) is 0 Å². The Morgan fingerprint density at radius 3 is 2.70 bits per heavy atom. The number of rotatable bonds is 4. The third-order valence-corrected chi connectivity index (χ3v) is 4.67. The number of aryl methyl sites for hydroxylation is 2. The van der Waals surface area contributed by atoms with Crippen LogP contribution >= 0.6 is 0 Å². The molecule has 23 heavy (non-hydrogen) atoms. The molecular weight excluding hydrogens is 294 g/mol. The number of hydrogen-bond acceptors (Lipinski definition) is 5. The van der Waals surface area contributed by atoms with Gasteiger partial charge in [0.15, 0.2) is 0 Å². The number of hydrogen-bond donors (Lipinski definition) is 1. The van der Waals surface area contributed by atoms with Gasteiger partial charge in [-0.2, -0.15) is 0 Å². The molecule has 1 N–H and O–H groups in total. The Bertz CT molecular complexity index is 664. The van der Waals surface area contributed by atoms with Crippen molar-refractivity contribution in [2.24, 2.45) is 5.92 Å². The average Bonchev–Trinajstić information content (AvgIpc) is 3.14. The van der Waals surface area contributed by atoms with Crippen LogP contribution in [-0.2, 0) is 11.2 Å². The molecule has 3 rings (SSSR count). The van der Waals surface area contributed by atoms with E-state index in [4.69, 9.17) is 4.52 Å². The molecule has 1 fully saturated rings. The van der Waals surface area contributed by atoms with Gasteiger partial charge < -0.3 is 14.5 Å². The van der Waals surface area contributed by atoms with Gasteiger partial charge >= 0.3 is 0 Å². The summed E-state index contributed by atoms with van der Waals surface area (Å²) >= 11 is 0. The third-order valence-electron chi connectivity index (χ3n) is 4.67. The Morgan fingerprint density at radius 1 is 1.35 bits per heavy atom. The number of likely N-dealkylation sites (tertiary alicyclic amines) is 1. The molecule has 0 aliphatic carbocycles. The van der Waals surface area contributed by atoms with Crippen molar-refractivity contribution in [2.75, 3.05) is 19.7 Å². The van der Waals surface area contributed by atoms with E-state index in [9.17, 15) is 9.90 Å². The number of carbonyl (C=O) groups is 1. The van der Waals surface area contributed by atoms with E-state index in [1.54, 1.807) is 12.4 Å². The predicted octanol–water partition coefficient (Wildman–Crippen LogP) is 1.46. The first-order valence-corrected chi connectivity index (χ1v) is 7.80. The topological polar surface area (TPSA) is 79.5 Å². The van der Waals surface area contributed by atoms with Crippen molar-refractivity contribution in [2.45, 2.75) is 26.2 Å². The molecule has 0 aromatic carbocycles. The first-order valence-electron chi connectivity index (χ1n) is 7.80. The molecule has 0 radical (unpaired) electrons. The molecular formula is C17H21N3O3. The van der Waals surface area contributed by atoms with Gasteiger partial charge in [-0.1, -0.05) is 5.16 Å². The molecule has 0 unspecified atom stereocenters. The number of nitrogens with zero attached hydrogens (tertiary/aromatic N) is 3. The fraction of sp³-hybridized carbons (Fsp3) is 0.471. The Kier molecular flexibility index (Phi) is 4.43. The van der Waals surface area contributed by atoms with Crippen molar-refractivity contribution < 1.29 is 14.4 Å². The van der Waals surface area contributed by atoms with Crippen LogP contribution in [-0.4, -0.2) is 45.8 Å². The van der Waals surface area contributed by atoms with Gasteiger partial charge in [0.05, 0.1) is 12.1 Å². The molecule has 1 amide bonds. The molecule has 6 heteroatoms. The second-order valence-corrected chi connectivity index (χ2v) is 6.11. The van der Waals surface area contributed by atoms with E-state index in [1.807, 2.05) is 30.9 Å². The Labute approximate surface area is 135 Å². The maximum atomic E-state index is 12.6. The Hall–Kier alpha value is -2.21. The minimum Gasteiger partial charge on any atom is -0.396 e. The highest BCUT2D eigenvalue weighted by atomic mass is 16.5. The van der Waals surface area contributed by atoms with Crippen LogP contribution in [0.25, 0.3) is 0 Å². The lowest BCUT2D eigenvalue weighted by Crippen LogP contribution is -2.30. The van der Waals surface area contributed by atoms with Gasteiger partial charge in [-0.25, -0.2) is 0 Å². The fourth-order valence-corrected chi connectivity index (χ4v) is 3.27. The maximum absolute atomic E-state index is 12.6. The smallest absolute Gasteiger partial charge is 0.227 e. The summed E-state index contributed by atoms with van der Waals surface area (Å²) in [4.78, 5) is 18.5. The Morgan fingerprint density at radius 2 is 2.09 bits per heavy atom. The van der Waals surface area contributed by atoms with E-state index in [0.717, 1.165) is 16.8 Å². The van der Waals surface area contributed by atoms with Crippen LogP contribution in [0.1, 0.15) is 28.5 Å². The summed E-state index contributed by atoms with van der Waals surface area (Å²) in [5, 5.41) is 13.6. The minimum atomic E-state index is 0.0504. The highest BCUT2D eigenvalue weighted by Gasteiger charge is 2.36. The van der Waals surface area contributed by atoms with Gasteiger partial charge in [-0.3, -0.25) is 9.78 Å². The van der Waals surface area contributed by atoms with Crippen molar-refractivity contribution in [1.82, 2.24) is 15.0 Å². The van der Waals surface area contributed by atoms with Crippen LogP contribution in [0.5, 0.6) is 0 Å². The van der Waals surface area contributed by atoms with Crippen LogP contribution in [0, 0.1) is 19.8 Å². The van der Waals surface area contributed by atoms with Crippen molar-refractivity contribution >= 4 is 5.91 Å². The van der Waals surface area contributed by atoms with Gasteiger partial charge in [0.1, 0.15) is 5.76 Å². The van der Waals surface area contributed by atoms with E-state index in [-0.39, 0.29) is 24.3 Å². The van der Waals surface area contributed by atoms with Crippen LogP contribution in [0.3, 0.4) is 0 Å². The summed E-state index contributed by atoms with van der Waals surface area (Å²) in [5.74, 6) is 0.955. The second kappa shape index (κ2) is 6.50.